The fraction of sp³-hybridized carbons (Fsp3) is 0.364. The Balaban J connectivity index is 1.24. The third-order valence-corrected chi connectivity index (χ3v) is 11.8. The van der Waals surface area contributed by atoms with Crippen molar-refractivity contribution in [2.75, 3.05) is 37.5 Å². The minimum Gasteiger partial charge on any atom is -0.450 e. The molecule has 2 saturated heterocycles. The number of thioether (sulfide) groups is 2. The van der Waals surface area contributed by atoms with Gasteiger partial charge in [-0.3, -0.25) is 14.4 Å². The number of hydrogen-bond donors (Lipinski definition) is 2. The van der Waals surface area contributed by atoms with E-state index < -0.39 is 70.8 Å². The topological polar surface area (TPSA) is 198 Å². The molecule has 276 valence electrons. The zero-order valence-electron chi connectivity index (χ0n) is 28.0. The first kappa shape index (κ1) is 38.7. The van der Waals surface area contributed by atoms with E-state index in [1.54, 1.807) is 13.2 Å². The van der Waals surface area contributed by atoms with Gasteiger partial charge in [-0.1, -0.05) is 88.8 Å². The van der Waals surface area contributed by atoms with Crippen LogP contribution in [0, 0.1) is 0 Å². The van der Waals surface area contributed by atoms with Gasteiger partial charge in [-0.05, 0) is 24.3 Å². The molecule has 0 saturated carbocycles. The number of halogens is 1. The molecule has 2 fully saturated rings. The monoisotopic (exact) mass is 791 g/mol. The van der Waals surface area contributed by atoms with Crippen LogP contribution in [0.1, 0.15) is 36.8 Å². The summed E-state index contributed by atoms with van der Waals surface area (Å²) < 4.78 is 19.6. The van der Waals surface area contributed by atoms with E-state index in [0.29, 0.717) is 0 Å². The van der Waals surface area contributed by atoms with Crippen LogP contribution < -0.4 is 11.1 Å². The molecule has 0 aliphatic carbocycles. The van der Waals surface area contributed by atoms with Crippen molar-refractivity contribution >= 4 is 87.2 Å². The number of hydrogen-bond acceptors (Lipinski definition) is 16. The minimum atomic E-state index is -1.22. The van der Waals surface area contributed by atoms with Crippen molar-refractivity contribution < 1.29 is 47.8 Å². The summed E-state index contributed by atoms with van der Waals surface area (Å²) in [6.45, 7) is 2.38. The third kappa shape index (κ3) is 8.91. The predicted octanol–water partition coefficient (Wildman–Crippen LogP) is 4.00. The maximum absolute atomic E-state index is 13.6. The van der Waals surface area contributed by atoms with Crippen LogP contribution in [-0.4, -0.2) is 99.7 Å². The van der Waals surface area contributed by atoms with Crippen molar-refractivity contribution in [2.24, 2.45) is 5.16 Å². The molecule has 0 spiro atoms. The quantitative estimate of drug-likeness (QED) is 0.0593. The number of amides is 2. The Labute approximate surface area is 315 Å². The van der Waals surface area contributed by atoms with Crippen LogP contribution >= 0.6 is 46.5 Å². The number of oxime groups is 1. The number of rotatable bonds is 14. The lowest BCUT2D eigenvalue weighted by Crippen LogP contribution is -2.75. The van der Waals surface area contributed by atoms with Gasteiger partial charge >= 0.3 is 18.1 Å². The summed E-state index contributed by atoms with van der Waals surface area (Å²) in [4.78, 5) is 75.6. The summed E-state index contributed by atoms with van der Waals surface area (Å²) in [5, 5.41) is 6.05. The Bertz CT molecular complexity index is 1780. The van der Waals surface area contributed by atoms with Gasteiger partial charge in [0.2, 0.25) is 18.8 Å². The lowest BCUT2D eigenvalue weighted by Gasteiger charge is -2.53. The van der Waals surface area contributed by atoms with Crippen molar-refractivity contribution in [1.82, 2.24) is 15.2 Å². The Morgan fingerprint density at radius 2 is 1.75 bits per heavy atom. The van der Waals surface area contributed by atoms with E-state index in [4.69, 9.17) is 41.1 Å². The van der Waals surface area contributed by atoms with Gasteiger partial charge in [-0.2, -0.15) is 0 Å². The van der Waals surface area contributed by atoms with Crippen molar-refractivity contribution in [3.63, 3.8) is 0 Å². The maximum Gasteiger partial charge on any atom is 0.511 e. The number of nitrogens with two attached hydrogens (primary N) is 1. The standard InChI is InChI=1S/C33H34ClN5O10S3/c1-4-45-32(44)48-18(2)47-30(43)33(50-3)16-39-28(42)24(29(39)51-17-33)36-27(41)23(22-26(34)52-31(35)37-22)38-46-15-21(40)49-25(19-11-7-5-8-12-19)20-13-9-6-10-14-20/h5-14,18,24-25,29H,4,15-17H2,1-3H3,(H2,35,37)(H,36,41)/t18?,24?,29-,33?/m1/s1. The van der Waals surface area contributed by atoms with Gasteiger partial charge < -0.3 is 39.7 Å². The van der Waals surface area contributed by atoms with E-state index in [-0.39, 0.29) is 34.1 Å². The molecular formula is C33H34ClN5O10S3. The number of carbonyl (C=O) groups is 5. The van der Waals surface area contributed by atoms with Gasteiger partial charge in [0.1, 0.15) is 26.2 Å². The second kappa shape index (κ2) is 17.3. The minimum absolute atomic E-state index is 0.0183. The summed E-state index contributed by atoms with van der Waals surface area (Å²) in [5.41, 5.74) is 6.77. The number of nitrogen functional groups attached to an aromatic ring is 1. The van der Waals surface area contributed by atoms with Crippen molar-refractivity contribution in [2.45, 2.75) is 42.4 Å². The molecule has 0 bridgehead atoms. The van der Waals surface area contributed by atoms with E-state index in [0.717, 1.165) is 22.5 Å². The molecule has 2 aliphatic heterocycles. The van der Waals surface area contributed by atoms with E-state index in [2.05, 4.69) is 15.5 Å². The molecule has 2 aromatic carbocycles. The molecular weight excluding hydrogens is 758 g/mol. The Kier molecular flexibility index (Phi) is 12.9. The molecule has 1 aromatic heterocycles. The van der Waals surface area contributed by atoms with Gasteiger partial charge in [-0.15, -0.1) is 23.5 Å². The third-order valence-electron chi connectivity index (χ3n) is 7.74. The van der Waals surface area contributed by atoms with Crippen LogP contribution in [0.4, 0.5) is 9.93 Å². The molecule has 3 heterocycles. The number of ether oxygens (including phenoxy) is 4. The van der Waals surface area contributed by atoms with E-state index in [9.17, 15) is 24.0 Å². The fourth-order valence-corrected chi connectivity index (χ4v) is 8.69. The zero-order valence-corrected chi connectivity index (χ0v) is 31.2. The average molecular weight is 792 g/mol. The molecule has 5 rings (SSSR count). The molecule has 2 aliphatic rings. The number of aromatic nitrogens is 1. The number of carbonyl (C=O) groups excluding carboxylic acids is 5. The molecule has 3 aromatic rings. The number of thiazole rings is 1. The summed E-state index contributed by atoms with van der Waals surface area (Å²) in [5.74, 6) is -2.56. The lowest BCUT2D eigenvalue weighted by atomic mass is 10.0. The first-order valence-electron chi connectivity index (χ1n) is 15.7. The Hall–Kier alpha value is -4.52. The number of fused-ring (bicyclic) bond motifs is 1. The summed E-state index contributed by atoms with van der Waals surface area (Å²) in [7, 11) is 0. The molecule has 2 amide bonds. The summed E-state index contributed by atoms with van der Waals surface area (Å²) >= 11 is 9.66. The van der Waals surface area contributed by atoms with Crippen LogP contribution in [0.25, 0.3) is 0 Å². The van der Waals surface area contributed by atoms with Crippen molar-refractivity contribution in [1.29, 1.82) is 0 Å². The molecule has 3 unspecified atom stereocenters. The fourth-order valence-electron chi connectivity index (χ4n) is 5.22. The van der Waals surface area contributed by atoms with Gasteiger partial charge in [0.05, 0.1) is 6.61 Å². The first-order valence-corrected chi connectivity index (χ1v) is 19.2. The second-order valence-electron chi connectivity index (χ2n) is 11.2. The predicted molar refractivity (Wildman–Crippen MR) is 195 cm³/mol. The summed E-state index contributed by atoms with van der Waals surface area (Å²) in [6.07, 6.45) is -1.23. The highest BCUT2D eigenvalue weighted by Gasteiger charge is 2.58. The second-order valence-corrected chi connectivity index (χ2v) is 15.1. The largest absolute Gasteiger partial charge is 0.511 e. The van der Waals surface area contributed by atoms with E-state index in [1.165, 1.54) is 35.3 Å². The number of β-lactam (4-membered cyclic amide) rings is 1. The molecule has 15 nitrogen and oxygen atoms in total. The number of nitrogens with zero attached hydrogens (tertiary/aromatic N) is 3. The Morgan fingerprint density at radius 1 is 1.10 bits per heavy atom. The number of esters is 2. The van der Waals surface area contributed by atoms with Crippen LogP contribution in [0.2, 0.25) is 4.34 Å². The SMILES string of the molecule is CCOC(=O)OC(C)OC(=O)C1(SC)CS[C@@H]2C(NC(=O)C(=NOCC(=O)OC(c3ccccc3)c3ccccc3)c3nc(N)sc3Cl)C(=O)N2C1. The van der Waals surface area contributed by atoms with Crippen molar-refractivity contribution in [3.8, 4) is 0 Å². The number of benzene rings is 2. The van der Waals surface area contributed by atoms with Crippen LogP contribution in [0.3, 0.4) is 0 Å². The first-order chi connectivity index (χ1) is 25.0. The molecule has 3 N–H and O–H groups in total. The van der Waals surface area contributed by atoms with Gasteiger partial charge in [-0.25, -0.2) is 14.6 Å². The molecule has 52 heavy (non-hydrogen) atoms. The normalized spacial score (nSPS) is 20.2. The molecule has 4 atom stereocenters. The maximum atomic E-state index is 13.6. The van der Waals surface area contributed by atoms with Gasteiger partial charge in [0, 0.05) is 19.2 Å². The van der Waals surface area contributed by atoms with Gasteiger partial charge in [0.25, 0.3) is 5.91 Å². The lowest BCUT2D eigenvalue weighted by molar-refractivity contribution is -0.172. The number of anilines is 1. The smallest absolute Gasteiger partial charge is 0.450 e. The van der Waals surface area contributed by atoms with Crippen LogP contribution in [0.15, 0.2) is 65.8 Å². The Morgan fingerprint density at radius 3 is 2.33 bits per heavy atom. The highest BCUT2D eigenvalue weighted by atomic mass is 35.5. The molecule has 19 heteroatoms. The highest BCUT2D eigenvalue weighted by Crippen LogP contribution is 2.44. The zero-order chi connectivity index (χ0) is 37.4. The van der Waals surface area contributed by atoms with Crippen LogP contribution in [0.5, 0.6) is 0 Å². The van der Waals surface area contributed by atoms with E-state index in [1.807, 2.05) is 60.7 Å². The van der Waals surface area contributed by atoms with Crippen LogP contribution in [-0.2, 0) is 43.0 Å². The highest BCUT2D eigenvalue weighted by molar-refractivity contribution is 8.04. The van der Waals surface area contributed by atoms with Crippen molar-refractivity contribution in [3.05, 3.63) is 81.8 Å². The summed E-state index contributed by atoms with van der Waals surface area (Å²) in [6, 6.07) is 17.3. The number of nitrogens with one attached hydrogen (secondary N) is 1. The van der Waals surface area contributed by atoms with E-state index >= 15 is 0 Å². The average Bonchev–Trinajstić information content (AvgIpc) is 3.48. The molecule has 0 radical (unpaired) electrons. The van der Waals surface area contributed by atoms with Gasteiger partial charge in [0.15, 0.2) is 16.9 Å².